The first-order valence-corrected chi connectivity index (χ1v) is 10.5. The molecule has 1 aliphatic rings. The molecule has 0 bridgehead atoms. The topological polar surface area (TPSA) is 80.7 Å². The van der Waals surface area contributed by atoms with E-state index in [2.05, 4.69) is 10.1 Å². The largest absolute Gasteiger partial charge is 0.463 e. The van der Waals surface area contributed by atoms with E-state index in [0.29, 0.717) is 33.8 Å². The van der Waals surface area contributed by atoms with E-state index in [1.165, 1.54) is 15.9 Å². The molecule has 1 aliphatic heterocycles. The Morgan fingerprint density at radius 3 is 2.93 bits per heavy atom. The Morgan fingerprint density at radius 2 is 2.17 bits per heavy atom. The van der Waals surface area contributed by atoms with Crippen molar-refractivity contribution < 1.29 is 9.21 Å². The molecule has 0 aliphatic carbocycles. The second kappa shape index (κ2) is 7.55. The van der Waals surface area contributed by atoms with Gasteiger partial charge >= 0.3 is 0 Å². The number of hydrogen-bond acceptors (Lipinski definition) is 6. The number of thiophene rings is 1. The Hall–Kier alpha value is -3.23. The van der Waals surface area contributed by atoms with Gasteiger partial charge in [0.1, 0.15) is 18.0 Å². The number of carbonyl (C=O) groups is 1. The number of rotatable bonds is 4. The summed E-state index contributed by atoms with van der Waals surface area (Å²) >= 11 is 7.58. The second-order valence-corrected chi connectivity index (χ2v) is 8.25. The third-order valence-corrected chi connectivity index (χ3v) is 6.14. The molecule has 7 nitrogen and oxygen atoms in total. The minimum atomic E-state index is -0.321. The first kappa shape index (κ1) is 18.8. The maximum Gasteiger partial charge on any atom is 0.263 e. The van der Waals surface area contributed by atoms with Crippen LogP contribution in [0.3, 0.4) is 0 Å². The molecule has 1 amide bonds. The number of fused-ring (bicyclic) bond motifs is 1. The van der Waals surface area contributed by atoms with Crippen molar-refractivity contribution >= 4 is 45.5 Å². The number of furan rings is 1. The van der Waals surface area contributed by atoms with Crippen molar-refractivity contribution in [2.45, 2.75) is 19.0 Å². The van der Waals surface area contributed by atoms with E-state index in [0.717, 1.165) is 4.88 Å². The maximum absolute atomic E-state index is 13.2. The molecule has 0 radical (unpaired) electrons. The van der Waals surface area contributed by atoms with Gasteiger partial charge in [0, 0.05) is 16.3 Å². The summed E-state index contributed by atoms with van der Waals surface area (Å²) < 4.78 is 6.75. The summed E-state index contributed by atoms with van der Waals surface area (Å²) in [6.45, 7) is -0.175. The summed E-state index contributed by atoms with van der Waals surface area (Å²) in [6, 6.07) is 12.2. The maximum atomic E-state index is 13.2. The molecule has 1 aromatic carbocycles. The minimum absolute atomic E-state index is 0.175. The van der Waals surface area contributed by atoms with Crippen molar-refractivity contribution in [2.24, 2.45) is 5.10 Å². The van der Waals surface area contributed by atoms with E-state index in [1.54, 1.807) is 41.9 Å². The van der Waals surface area contributed by atoms with Crippen LogP contribution in [0.5, 0.6) is 0 Å². The van der Waals surface area contributed by atoms with Crippen molar-refractivity contribution in [1.29, 1.82) is 0 Å². The van der Waals surface area contributed by atoms with Crippen LogP contribution < -0.4 is 5.56 Å². The normalized spacial score (nSPS) is 16.2. The van der Waals surface area contributed by atoms with Gasteiger partial charge in [0.2, 0.25) is 0 Å². The molecule has 4 aromatic rings. The lowest BCUT2D eigenvalue weighted by Crippen LogP contribution is -2.33. The molecule has 0 spiro atoms. The number of aromatic nitrogens is 2. The lowest BCUT2D eigenvalue weighted by Gasteiger charge is -2.21. The predicted molar refractivity (Wildman–Crippen MR) is 115 cm³/mol. The standard InChI is InChI=1S/C21H15ClN4O3S/c22-13-5-6-15-14(9-13)21(28)25(12-23-15)11-20(27)26-17(19-4-2-8-30-19)10-16(24-26)18-3-1-7-29-18/h1-9,12,17H,10-11H2/t17-/m1/s1. The highest BCUT2D eigenvalue weighted by Crippen LogP contribution is 2.35. The number of hydrazone groups is 1. The molecular weight excluding hydrogens is 424 g/mol. The van der Waals surface area contributed by atoms with Crippen LogP contribution in [-0.2, 0) is 11.3 Å². The predicted octanol–water partition coefficient (Wildman–Crippen LogP) is 4.08. The molecule has 3 aromatic heterocycles. The van der Waals surface area contributed by atoms with Gasteiger partial charge in [0.25, 0.3) is 11.5 Å². The summed E-state index contributed by atoms with van der Waals surface area (Å²) in [7, 11) is 0. The highest BCUT2D eigenvalue weighted by Gasteiger charge is 2.34. The number of amides is 1. The van der Waals surface area contributed by atoms with Gasteiger partial charge < -0.3 is 4.42 Å². The van der Waals surface area contributed by atoms with E-state index in [1.807, 2.05) is 23.6 Å². The minimum Gasteiger partial charge on any atom is -0.463 e. The quantitative estimate of drug-likeness (QED) is 0.480. The highest BCUT2D eigenvalue weighted by molar-refractivity contribution is 7.10. The molecular formula is C21H15ClN4O3S. The van der Waals surface area contributed by atoms with E-state index < -0.39 is 0 Å². The molecule has 5 rings (SSSR count). The third kappa shape index (κ3) is 3.34. The van der Waals surface area contributed by atoms with E-state index in [4.69, 9.17) is 16.0 Å². The van der Waals surface area contributed by atoms with Crippen LogP contribution in [0.2, 0.25) is 5.02 Å². The first-order valence-electron chi connectivity index (χ1n) is 9.21. The van der Waals surface area contributed by atoms with Gasteiger partial charge in [-0.25, -0.2) is 9.99 Å². The van der Waals surface area contributed by atoms with Crippen LogP contribution in [0.25, 0.3) is 10.9 Å². The Morgan fingerprint density at radius 1 is 1.27 bits per heavy atom. The Bertz CT molecular complexity index is 1310. The lowest BCUT2D eigenvalue weighted by molar-refractivity contribution is -0.133. The van der Waals surface area contributed by atoms with Crippen LogP contribution in [0.4, 0.5) is 0 Å². The van der Waals surface area contributed by atoms with Crippen molar-refractivity contribution in [3.63, 3.8) is 0 Å². The van der Waals surface area contributed by atoms with Gasteiger partial charge in [-0.3, -0.25) is 14.2 Å². The van der Waals surface area contributed by atoms with Crippen molar-refractivity contribution in [3.8, 4) is 0 Å². The fraction of sp³-hybridized carbons (Fsp3) is 0.143. The summed E-state index contributed by atoms with van der Waals surface area (Å²) in [5.74, 6) is 0.325. The molecule has 1 atom stereocenters. The molecule has 30 heavy (non-hydrogen) atoms. The van der Waals surface area contributed by atoms with Crippen LogP contribution in [0.1, 0.15) is 23.1 Å². The van der Waals surface area contributed by atoms with Gasteiger partial charge in [0.15, 0.2) is 0 Å². The fourth-order valence-electron chi connectivity index (χ4n) is 3.50. The lowest BCUT2D eigenvalue weighted by atomic mass is 10.1. The smallest absolute Gasteiger partial charge is 0.263 e. The van der Waals surface area contributed by atoms with Gasteiger partial charge in [-0.15, -0.1) is 11.3 Å². The average molecular weight is 439 g/mol. The summed E-state index contributed by atoms with van der Waals surface area (Å²) in [6.07, 6.45) is 3.50. The second-order valence-electron chi connectivity index (χ2n) is 6.84. The fourth-order valence-corrected chi connectivity index (χ4v) is 4.48. The van der Waals surface area contributed by atoms with Crippen LogP contribution in [0.15, 0.2) is 74.7 Å². The monoisotopic (exact) mass is 438 g/mol. The molecule has 0 saturated heterocycles. The average Bonchev–Trinajstić information content (AvgIpc) is 3.50. The molecule has 0 fully saturated rings. The number of halogens is 1. The summed E-state index contributed by atoms with van der Waals surface area (Å²) in [5.41, 5.74) is 0.907. The zero-order valence-electron chi connectivity index (χ0n) is 15.6. The van der Waals surface area contributed by atoms with Crippen molar-refractivity contribution in [3.05, 3.63) is 86.4 Å². The molecule has 9 heteroatoms. The Labute approximate surface area is 179 Å². The molecule has 0 N–H and O–H groups in total. The number of benzene rings is 1. The Kier molecular flexibility index (Phi) is 4.72. The van der Waals surface area contributed by atoms with Crippen molar-refractivity contribution in [1.82, 2.24) is 14.6 Å². The van der Waals surface area contributed by atoms with Gasteiger partial charge in [-0.2, -0.15) is 5.10 Å². The van der Waals surface area contributed by atoms with Crippen LogP contribution in [-0.4, -0.2) is 26.2 Å². The van der Waals surface area contributed by atoms with E-state index in [9.17, 15) is 9.59 Å². The van der Waals surface area contributed by atoms with E-state index in [-0.39, 0.29) is 24.1 Å². The number of carbonyl (C=O) groups excluding carboxylic acids is 1. The van der Waals surface area contributed by atoms with E-state index >= 15 is 0 Å². The molecule has 0 unspecified atom stereocenters. The van der Waals surface area contributed by atoms with Crippen LogP contribution in [0, 0.1) is 0 Å². The summed E-state index contributed by atoms with van der Waals surface area (Å²) in [4.78, 5) is 31.3. The molecule has 0 saturated carbocycles. The zero-order chi connectivity index (χ0) is 20.7. The van der Waals surface area contributed by atoms with Gasteiger partial charge in [-0.05, 0) is 41.8 Å². The van der Waals surface area contributed by atoms with Crippen LogP contribution >= 0.6 is 22.9 Å². The zero-order valence-corrected chi connectivity index (χ0v) is 17.1. The number of nitrogens with zero attached hydrogens (tertiary/aromatic N) is 4. The molecule has 4 heterocycles. The summed E-state index contributed by atoms with van der Waals surface area (Å²) in [5, 5.41) is 8.74. The first-order chi connectivity index (χ1) is 14.6. The van der Waals surface area contributed by atoms with Gasteiger partial charge in [0.05, 0.1) is 29.5 Å². The molecule has 150 valence electrons. The van der Waals surface area contributed by atoms with Gasteiger partial charge in [-0.1, -0.05) is 17.7 Å². The highest BCUT2D eigenvalue weighted by atomic mass is 35.5. The third-order valence-electron chi connectivity index (χ3n) is 4.93. The SMILES string of the molecule is O=C(Cn1cnc2ccc(Cl)cc2c1=O)N1N=C(c2ccco2)C[C@@H]1c1cccs1. The number of hydrogen-bond donors (Lipinski definition) is 0. The van der Waals surface area contributed by atoms with Crippen molar-refractivity contribution in [2.75, 3.05) is 0 Å². The Balaban J connectivity index is 1.48.